The zero-order chi connectivity index (χ0) is 8.65. The zero-order valence-corrected chi connectivity index (χ0v) is 6.90. The van der Waals surface area contributed by atoms with Crippen LogP contribution in [0.2, 0.25) is 0 Å². The van der Waals surface area contributed by atoms with Crippen molar-refractivity contribution in [3.63, 3.8) is 0 Å². The maximum atomic E-state index is 4.77. The van der Waals surface area contributed by atoms with Gasteiger partial charge >= 0.3 is 0 Å². The molecule has 0 radical (unpaired) electrons. The molecule has 12 heavy (non-hydrogen) atoms. The lowest BCUT2D eigenvalue weighted by Crippen LogP contribution is -1.95. The fourth-order valence-electron chi connectivity index (χ4n) is 0.652. The molecule has 0 fully saturated rings. The maximum absolute atomic E-state index is 4.77. The van der Waals surface area contributed by atoms with Crippen molar-refractivity contribution >= 4 is 12.0 Å². The molecule has 0 saturated carbocycles. The number of rotatable bonds is 4. The average molecular weight is 165 g/mol. The fraction of sp³-hybridized carbons (Fsp3) is 0.250. The molecule has 0 unspecified atom stereocenters. The number of hydrogen-bond donors (Lipinski definition) is 1. The van der Waals surface area contributed by atoms with Gasteiger partial charge in [-0.1, -0.05) is 6.07 Å². The number of methoxy groups -OCH3 is 1. The van der Waals surface area contributed by atoms with E-state index >= 15 is 0 Å². The molecule has 0 atom stereocenters. The molecule has 1 N–H and O–H groups in total. The minimum absolute atomic E-state index is 0.500. The first-order valence-electron chi connectivity index (χ1n) is 3.61. The first-order chi connectivity index (χ1) is 5.93. The van der Waals surface area contributed by atoms with Crippen molar-refractivity contribution < 1.29 is 4.74 Å². The SMILES string of the molecule is COCC=NNc1ccccn1. The van der Waals surface area contributed by atoms with Crippen LogP contribution in [0, 0.1) is 0 Å². The Balaban J connectivity index is 2.33. The Labute approximate surface area is 71.3 Å². The number of hydrazone groups is 1. The maximum Gasteiger partial charge on any atom is 0.146 e. The molecule has 0 aliphatic carbocycles. The van der Waals surface area contributed by atoms with Gasteiger partial charge in [0.15, 0.2) is 0 Å². The van der Waals surface area contributed by atoms with Gasteiger partial charge in [-0.15, -0.1) is 0 Å². The topological polar surface area (TPSA) is 46.5 Å². The lowest BCUT2D eigenvalue weighted by Gasteiger charge is -1.96. The van der Waals surface area contributed by atoms with E-state index in [-0.39, 0.29) is 0 Å². The number of nitrogens with zero attached hydrogens (tertiary/aromatic N) is 2. The summed E-state index contributed by atoms with van der Waals surface area (Å²) in [7, 11) is 1.62. The van der Waals surface area contributed by atoms with Crippen LogP contribution < -0.4 is 5.43 Å². The highest BCUT2D eigenvalue weighted by atomic mass is 16.5. The molecule has 1 aromatic heterocycles. The standard InChI is InChI=1S/C8H11N3O/c1-12-7-6-10-11-8-4-2-3-5-9-8/h2-6H,7H2,1H3,(H,9,11). The summed E-state index contributed by atoms with van der Waals surface area (Å²) in [4.78, 5) is 4.01. The van der Waals surface area contributed by atoms with Gasteiger partial charge in [0.1, 0.15) is 5.82 Å². The number of aromatic nitrogens is 1. The average Bonchev–Trinajstić information content (AvgIpc) is 2.14. The number of hydrogen-bond acceptors (Lipinski definition) is 4. The summed E-state index contributed by atoms with van der Waals surface area (Å²) < 4.78 is 4.77. The van der Waals surface area contributed by atoms with Crippen molar-refractivity contribution in [1.82, 2.24) is 4.98 Å². The lowest BCUT2D eigenvalue weighted by molar-refractivity contribution is 0.248. The molecule has 0 aliphatic heterocycles. The number of ether oxygens (including phenoxy) is 1. The van der Waals surface area contributed by atoms with Gasteiger partial charge in [-0.05, 0) is 12.1 Å². The number of anilines is 1. The van der Waals surface area contributed by atoms with Crippen LogP contribution in [0.25, 0.3) is 0 Å². The summed E-state index contributed by atoms with van der Waals surface area (Å²) in [5.74, 6) is 0.727. The van der Waals surface area contributed by atoms with E-state index in [2.05, 4.69) is 15.5 Å². The quantitative estimate of drug-likeness (QED) is 0.537. The molecule has 1 heterocycles. The van der Waals surface area contributed by atoms with Crippen molar-refractivity contribution in [2.75, 3.05) is 19.1 Å². The van der Waals surface area contributed by atoms with E-state index in [9.17, 15) is 0 Å². The molecule has 1 aromatic rings. The minimum Gasteiger partial charge on any atom is -0.379 e. The molecular weight excluding hydrogens is 154 g/mol. The van der Waals surface area contributed by atoms with Crippen LogP contribution in [0.1, 0.15) is 0 Å². The van der Waals surface area contributed by atoms with E-state index in [1.807, 2.05) is 18.2 Å². The summed E-state index contributed by atoms with van der Waals surface area (Å²) >= 11 is 0. The Hall–Kier alpha value is -1.42. The summed E-state index contributed by atoms with van der Waals surface area (Å²) in [6.45, 7) is 0.500. The van der Waals surface area contributed by atoms with E-state index < -0.39 is 0 Å². The number of nitrogens with one attached hydrogen (secondary N) is 1. The molecule has 4 heteroatoms. The van der Waals surface area contributed by atoms with Crippen molar-refractivity contribution in [2.24, 2.45) is 5.10 Å². The van der Waals surface area contributed by atoms with Gasteiger partial charge in [0.2, 0.25) is 0 Å². The third-order valence-electron chi connectivity index (χ3n) is 1.18. The normalized spacial score (nSPS) is 10.4. The number of pyridine rings is 1. The van der Waals surface area contributed by atoms with Gasteiger partial charge in [-0.2, -0.15) is 5.10 Å². The van der Waals surface area contributed by atoms with Crippen molar-refractivity contribution in [2.45, 2.75) is 0 Å². The Morgan fingerprint density at radius 3 is 3.25 bits per heavy atom. The highest BCUT2D eigenvalue weighted by molar-refractivity contribution is 5.59. The van der Waals surface area contributed by atoms with Crippen LogP contribution in [0.15, 0.2) is 29.5 Å². The fourth-order valence-corrected chi connectivity index (χ4v) is 0.652. The van der Waals surface area contributed by atoms with E-state index in [0.717, 1.165) is 5.82 Å². The molecule has 4 nitrogen and oxygen atoms in total. The predicted octanol–water partition coefficient (Wildman–Crippen LogP) is 1.13. The first-order valence-corrected chi connectivity index (χ1v) is 3.61. The second kappa shape index (κ2) is 5.26. The molecule has 0 aliphatic rings. The Morgan fingerprint density at radius 1 is 1.67 bits per heavy atom. The molecule has 0 bridgehead atoms. The van der Waals surface area contributed by atoms with Gasteiger partial charge in [-0.25, -0.2) is 4.98 Å². The Morgan fingerprint density at radius 2 is 2.58 bits per heavy atom. The largest absolute Gasteiger partial charge is 0.379 e. The molecule has 0 spiro atoms. The van der Waals surface area contributed by atoms with E-state index in [1.165, 1.54) is 0 Å². The highest BCUT2D eigenvalue weighted by Crippen LogP contribution is 1.97. The van der Waals surface area contributed by atoms with Crippen LogP contribution in [0.5, 0.6) is 0 Å². The first kappa shape index (κ1) is 8.67. The highest BCUT2D eigenvalue weighted by Gasteiger charge is 1.84. The molecule has 0 amide bonds. The van der Waals surface area contributed by atoms with Crippen LogP contribution in [0.4, 0.5) is 5.82 Å². The van der Waals surface area contributed by atoms with Crippen molar-refractivity contribution in [1.29, 1.82) is 0 Å². The van der Waals surface area contributed by atoms with Crippen LogP contribution in [-0.2, 0) is 4.74 Å². The van der Waals surface area contributed by atoms with Gasteiger partial charge in [-0.3, -0.25) is 5.43 Å². The van der Waals surface area contributed by atoms with Gasteiger partial charge in [0.25, 0.3) is 0 Å². The summed E-state index contributed by atoms with van der Waals surface area (Å²) in [5, 5.41) is 3.87. The molecule has 0 aromatic carbocycles. The second-order valence-corrected chi connectivity index (χ2v) is 2.09. The third kappa shape index (κ3) is 3.12. The zero-order valence-electron chi connectivity index (χ0n) is 6.90. The Kier molecular flexibility index (Phi) is 3.80. The molecular formula is C8H11N3O. The lowest BCUT2D eigenvalue weighted by atomic mass is 10.5. The van der Waals surface area contributed by atoms with Gasteiger partial charge in [0.05, 0.1) is 12.8 Å². The van der Waals surface area contributed by atoms with E-state index in [4.69, 9.17) is 4.74 Å². The molecule has 1 rings (SSSR count). The smallest absolute Gasteiger partial charge is 0.146 e. The van der Waals surface area contributed by atoms with Gasteiger partial charge < -0.3 is 4.74 Å². The third-order valence-corrected chi connectivity index (χ3v) is 1.18. The van der Waals surface area contributed by atoms with E-state index in [0.29, 0.717) is 6.61 Å². The van der Waals surface area contributed by atoms with Crippen LogP contribution >= 0.6 is 0 Å². The van der Waals surface area contributed by atoms with Crippen molar-refractivity contribution in [3.8, 4) is 0 Å². The van der Waals surface area contributed by atoms with Crippen LogP contribution in [0.3, 0.4) is 0 Å². The molecule has 64 valence electrons. The summed E-state index contributed by atoms with van der Waals surface area (Å²) in [6.07, 6.45) is 3.34. The Bertz CT molecular complexity index is 235. The molecule has 0 saturated heterocycles. The second-order valence-electron chi connectivity index (χ2n) is 2.09. The summed E-state index contributed by atoms with van der Waals surface area (Å²) in [6, 6.07) is 5.58. The summed E-state index contributed by atoms with van der Waals surface area (Å²) in [5.41, 5.74) is 2.76. The van der Waals surface area contributed by atoms with Gasteiger partial charge in [0, 0.05) is 13.3 Å². The minimum atomic E-state index is 0.500. The van der Waals surface area contributed by atoms with E-state index in [1.54, 1.807) is 19.5 Å². The predicted molar refractivity (Wildman–Crippen MR) is 48.2 cm³/mol. The van der Waals surface area contributed by atoms with Crippen molar-refractivity contribution in [3.05, 3.63) is 24.4 Å². The monoisotopic (exact) mass is 165 g/mol. The van der Waals surface area contributed by atoms with Crippen LogP contribution in [-0.4, -0.2) is 24.9 Å².